The molecular formula is C96H118BCl2N17NaO5S. The summed E-state index contributed by atoms with van der Waals surface area (Å²) in [6.45, 7) is 37.9. The number of nitrogens with zero attached hydrogens (tertiary/aromatic N) is 8. The molecule has 14 N–H and O–H groups in total. The second-order valence-electron chi connectivity index (χ2n) is 29.0. The summed E-state index contributed by atoms with van der Waals surface area (Å²) in [4.78, 5) is 46.7. The van der Waals surface area contributed by atoms with Crippen LogP contribution in [-0.2, 0) is 15.8 Å². The van der Waals surface area contributed by atoms with E-state index < -0.39 is 15.3 Å². The van der Waals surface area contributed by atoms with Crippen LogP contribution in [0.2, 0.25) is 0 Å². The Morgan fingerprint density at radius 3 is 1.09 bits per heavy atom. The minimum Gasteiger partial charge on any atom is -1.00 e. The van der Waals surface area contributed by atoms with Gasteiger partial charge in [-0.25, -0.2) is 27.9 Å². The number of nitrogens with one attached hydrogen (secondary N) is 5. The topological polar surface area (TPSA) is 315 Å². The third-order valence-electron chi connectivity index (χ3n) is 19.5. The van der Waals surface area contributed by atoms with Crippen molar-refractivity contribution in [1.82, 2.24) is 40.0 Å². The molecule has 0 aliphatic rings. The number of aryl methyl sites for hydroxylation is 3. The molecule has 123 heavy (non-hydrogen) atoms. The van der Waals surface area contributed by atoms with E-state index in [0.29, 0.717) is 86.8 Å². The molecule has 12 aromatic rings. The third kappa shape index (κ3) is 34.3. The molecule has 0 spiro atoms. The van der Waals surface area contributed by atoms with Crippen molar-refractivity contribution < 1.29 is 54.7 Å². The van der Waals surface area contributed by atoms with Crippen LogP contribution in [-0.4, -0.2) is 97.5 Å². The number of nitrogens with two attached hydrogens (primary N) is 4. The van der Waals surface area contributed by atoms with Crippen molar-refractivity contribution in [2.75, 3.05) is 48.7 Å². The van der Waals surface area contributed by atoms with E-state index >= 15 is 0 Å². The van der Waals surface area contributed by atoms with Crippen LogP contribution in [0.1, 0.15) is 195 Å². The number of rotatable bonds is 30. The van der Waals surface area contributed by atoms with E-state index in [1.807, 2.05) is 148 Å². The number of hydrogen-bond donors (Lipinski definition) is 10. The summed E-state index contributed by atoms with van der Waals surface area (Å²) in [6, 6.07) is 80.4. The summed E-state index contributed by atoms with van der Waals surface area (Å²) < 4.78 is 13.9. The van der Waals surface area contributed by atoms with Crippen molar-refractivity contribution >= 4 is 85.2 Å². The molecule has 3 aromatic heterocycles. The van der Waals surface area contributed by atoms with E-state index in [0.717, 1.165) is 103 Å². The standard InChI is InChI=1S/C30H31N5O.C30H35N5O.C25H20N4O2.C5H14N2.C5H13N.CH4.B.Cl2OS.Na.H/c1-5-21(2)20-32-29(23-11-7-6-8-12-23)24-13-9-15-26(18-24)33-30(36)28-17-22(3)34-35(28)27-16-10-14-25(19-27)31-4;1-4-21(2)20-32-29(24-11-6-5-7-12-24)25-13-9-14-26(18-25)33-30(36)28-16-22(3)34-35(28)27-15-8-10-23(17-27)19-31;1-17-14-23(29(28-17)22-13-7-11-20(16-22)26-2)25(31)27-21-12-6-10-19(15-21)24(30)18-8-4-3-5-9-18;6-4-2-1-3-5-7;1-3-5(2)4-6;;;1-4(2)3;;/h6-19,21,29,32H,5,20H2,1-3H3,(H,33,36);5-18,21,29,32H,4,19-20,31H2,1-3H3,(H,33,36);3-16,24,30H,1H3,(H,27,31);1-7H2;5H,3-4,6H2,1-2H3;1H4;;;;/q;;;;;;;;+1;-1. The second kappa shape index (κ2) is 56.3. The van der Waals surface area contributed by atoms with E-state index in [2.05, 4.69) is 163 Å². The molecule has 6 unspecified atom stereocenters. The van der Waals surface area contributed by atoms with Gasteiger partial charge in [-0.05, 0) is 214 Å². The van der Waals surface area contributed by atoms with Crippen LogP contribution in [0.5, 0.6) is 0 Å². The number of aliphatic hydroxyl groups excluding tert-OH is 1. The smallest absolute Gasteiger partial charge is 1.00 e. The van der Waals surface area contributed by atoms with Crippen LogP contribution >= 0.6 is 21.4 Å². The minimum absolute atomic E-state index is 0. The Labute approximate surface area is 764 Å². The molecule has 12 rings (SSSR count). The van der Waals surface area contributed by atoms with Crippen LogP contribution in [0.25, 0.3) is 26.8 Å². The molecule has 9 aromatic carbocycles. The van der Waals surface area contributed by atoms with Gasteiger partial charge in [0.25, 0.3) is 17.7 Å². The first-order valence-corrected chi connectivity index (χ1v) is 43.1. The maximum absolute atomic E-state index is 13.4. The maximum Gasteiger partial charge on any atom is 1.00 e. The summed E-state index contributed by atoms with van der Waals surface area (Å²) >= 11 is 0. The predicted octanol–water partition coefficient (Wildman–Crippen LogP) is 16.9. The molecule has 6 atom stereocenters. The average molecular weight is 1730 g/mol. The molecule has 641 valence electrons. The van der Waals surface area contributed by atoms with Gasteiger partial charge in [-0.2, -0.15) is 15.3 Å². The van der Waals surface area contributed by atoms with Crippen LogP contribution in [0.4, 0.5) is 28.4 Å². The third-order valence-corrected chi connectivity index (χ3v) is 19.5. The summed E-state index contributed by atoms with van der Waals surface area (Å²) in [5, 5.41) is 40.6. The summed E-state index contributed by atoms with van der Waals surface area (Å²) in [5.41, 5.74) is 37.1. The quantitative estimate of drug-likeness (QED) is 0.00866. The van der Waals surface area contributed by atoms with E-state index in [1.165, 1.54) is 28.7 Å². The monoisotopic (exact) mass is 1720 g/mol. The van der Waals surface area contributed by atoms with Crippen LogP contribution < -0.4 is 79.1 Å². The van der Waals surface area contributed by atoms with Crippen LogP contribution in [0.3, 0.4) is 0 Å². The molecule has 3 amide bonds. The molecule has 22 nitrogen and oxygen atoms in total. The Morgan fingerprint density at radius 2 is 0.764 bits per heavy atom. The van der Waals surface area contributed by atoms with E-state index in [4.69, 9.17) is 40.3 Å². The van der Waals surface area contributed by atoms with Crippen molar-refractivity contribution in [3.63, 3.8) is 0 Å². The molecule has 0 saturated heterocycles. The fourth-order valence-electron chi connectivity index (χ4n) is 12.3. The van der Waals surface area contributed by atoms with Gasteiger partial charge in [0.05, 0.1) is 59.4 Å². The number of hydrogen-bond acceptors (Lipinski definition) is 14. The van der Waals surface area contributed by atoms with Gasteiger partial charge >= 0.3 is 29.6 Å². The number of benzene rings is 9. The molecular weight excluding hydrogens is 1610 g/mol. The zero-order valence-corrected chi connectivity index (χ0v) is 75.7. The van der Waals surface area contributed by atoms with Gasteiger partial charge in [0, 0.05) is 53.4 Å². The maximum atomic E-state index is 13.4. The Hall–Kier alpha value is -10.5. The molecule has 0 aliphatic carbocycles. The molecule has 3 heterocycles. The van der Waals surface area contributed by atoms with E-state index in [-0.39, 0.29) is 76.6 Å². The number of amides is 3. The van der Waals surface area contributed by atoms with Gasteiger partial charge in [0.1, 0.15) is 23.2 Å². The average Bonchev–Trinajstić information content (AvgIpc) is 1.59. The number of aromatic nitrogens is 6. The number of aliphatic hydroxyl groups is 1. The van der Waals surface area contributed by atoms with Crippen molar-refractivity contribution in [2.24, 2.45) is 40.7 Å². The van der Waals surface area contributed by atoms with Crippen LogP contribution in [0.15, 0.2) is 255 Å². The first kappa shape index (κ1) is 105. The second-order valence-corrected chi connectivity index (χ2v) is 31.6. The van der Waals surface area contributed by atoms with Crippen LogP contribution in [0, 0.1) is 51.7 Å². The Balaban J connectivity index is 0.000000432. The fourth-order valence-corrected chi connectivity index (χ4v) is 12.3. The molecule has 0 aliphatic heterocycles. The Morgan fingerprint density at radius 1 is 0.447 bits per heavy atom. The van der Waals surface area contributed by atoms with E-state index in [9.17, 15) is 19.5 Å². The number of anilines is 3. The number of halogens is 2. The number of carbonyl (C=O) groups excluding carboxylic acids is 3. The first-order valence-electron chi connectivity index (χ1n) is 40.3. The molecule has 0 bridgehead atoms. The van der Waals surface area contributed by atoms with Crippen molar-refractivity contribution in [2.45, 2.75) is 133 Å². The predicted molar refractivity (Wildman–Crippen MR) is 504 cm³/mol. The van der Waals surface area contributed by atoms with Gasteiger partial charge in [0.2, 0.25) is 9.23 Å². The van der Waals surface area contributed by atoms with Crippen molar-refractivity contribution in [1.29, 1.82) is 0 Å². The largest absolute Gasteiger partial charge is 1.00 e. The zero-order chi connectivity index (χ0) is 86.9. The molecule has 0 fully saturated rings. The normalized spacial score (nSPS) is 11.8. The van der Waals surface area contributed by atoms with Gasteiger partial charge in [-0.1, -0.05) is 238 Å². The van der Waals surface area contributed by atoms with Gasteiger partial charge < -0.3 is 56.1 Å². The molecule has 3 radical (unpaired) electrons. The minimum atomic E-state index is -1.67. The Kier molecular flexibility index (Phi) is 48.0. The Bertz CT molecular complexity index is 5280. The summed E-state index contributed by atoms with van der Waals surface area (Å²) in [7, 11) is 7.36. The van der Waals surface area contributed by atoms with Crippen molar-refractivity contribution in [3.8, 4) is 17.1 Å². The van der Waals surface area contributed by atoms with E-state index in [1.54, 1.807) is 88.2 Å². The number of carbonyl (C=O) groups is 3. The molecule has 0 saturated carbocycles. The van der Waals surface area contributed by atoms with Gasteiger partial charge in [-0.3, -0.25) is 14.4 Å². The molecule has 27 heteroatoms. The number of unbranched alkanes of at least 4 members (excludes halogenated alkanes) is 2. The SMILES string of the molecule is C.CCC(C)CN.CCC(C)CNC(c1ccccc1)c1cccc(NC(=O)c2cc(C)nn2-c2cccc(CN)c2)c1.NCCCCCN.O=S(Cl)Cl.[B].[C-]#[N+]c1cccc(-n2nc(C)cc2C(=O)Nc2cccc(C(NCC(C)CC)c3ccccc3)c2)c1.[C-]#[N+]c1cccc(-n2nc(C)cc2C(=O)Nc2cccc(C(O)c3ccccc3)c2)c1.[H-].[Na+]. The van der Waals surface area contributed by atoms with Crippen molar-refractivity contribution in [3.05, 3.63) is 351 Å². The van der Waals surface area contributed by atoms with Gasteiger partial charge in [-0.15, -0.1) is 0 Å². The first-order chi connectivity index (χ1) is 58.0. The summed E-state index contributed by atoms with van der Waals surface area (Å²) in [5.74, 6) is 1.04. The fraction of sp³-hybridized carbons (Fsp3) is 0.292. The van der Waals surface area contributed by atoms with Gasteiger partial charge in [0.15, 0.2) is 11.4 Å². The summed E-state index contributed by atoms with van der Waals surface area (Å²) in [6.07, 6.45) is 6.07. The zero-order valence-electron chi connectivity index (χ0n) is 72.4.